The predicted octanol–water partition coefficient (Wildman–Crippen LogP) is 4.03. The average Bonchev–Trinajstić information content (AvgIpc) is 3.36. The summed E-state index contributed by atoms with van der Waals surface area (Å²) in [6.45, 7) is 6.82. The second-order valence-corrected chi connectivity index (χ2v) is 7.59. The molecule has 2 heterocycles. The number of para-hydroxylation sites is 1. The van der Waals surface area contributed by atoms with Crippen molar-refractivity contribution in [2.45, 2.75) is 33.4 Å². The van der Waals surface area contributed by atoms with Crippen molar-refractivity contribution >= 4 is 5.91 Å². The second kappa shape index (κ2) is 8.65. The molecule has 0 bridgehead atoms. The van der Waals surface area contributed by atoms with E-state index < -0.39 is 0 Å². The Bertz CT molecular complexity index is 1140. The first-order valence-corrected chi connectivity index (χ1v) is 10.2. The molecule has 0 spiro atoms. The number of hydrogen-bond donors (Lipinski definition) is 2. The molecule has 1 aromatic heterocycles. The Labute approximate surface area is 181 Å². The number of aromatic nitrogens is 1. The van der Waals surface area contributed by atoms with Gasteiger partial charge in [0.1, 0.15) is 5.75 Å². The Balaban J connectivity index is 1.51. The van der Waals surface area contributed by atoms with Crippen molar-refractivity contribution < 1.29 is 14.1 Å². The highest BCUT2D eigenvalue weighted by Crippen LogP contribution is 2.30. The van der Waals surface area contributed by atoms with Crippen LogP contribution in [0.3, 0.4) is 0 Å². The number of carbonyl (C=O) groups is 1. The summed E-state index contributed by atoms with van der Waals surface area (Å²) in [6.07, 6.45) is 0. The number of methoxy groups -OCH3 is 1. The molecule has 31 heavy (non-hydrogen) atoms. The van der Waals surface area contributed by atoms with E-state index in [0.29, 0.717) is 18.1 Å². The van der Waals surface area contributed by atoms with Gasteiger partial charge in [-0.25, -0.2) is 5.43 Å². The van der Waals surface area contributed by atoms with Crippen molar-refractivity contribution in [3.05, 3.63) is 82.8 Å². The summed E-state index contributed by atoms with van der Waals surface area (Å²) >= 11 is 0. The summed E-state index contributed by atoms with van der Waals surface area (Å²) in [5.74, 6) is 0.822. The van der Waals surface area contributed by atoms with Crippen LogP contribution in [0.25, 0.3) is 11.3 Å². The van der Waals surface area contributed by atoms with Gasteiger partial charge >= 0.3 is 0 Å². The van der Waals surface area contributed by atoms with Gasteiger partial charge in [-0.05, 0) is 44.0 Å². The SMILES string of the molecule is COc1ccccc1-c1cc(C(=O)NC2=C(C)N(Cc3ccccc3C)N[C@H]2C)no1. The van der Waals surface area contributed by atoms with Gasteiger partial charge in [-0.3, -0.25) is 4.79 Å². The van der Waals surface area contributed by atoms with Crippen LogP contribution >= 0.6 is 0 Å². The summed E-state index contributed by atoms with van der Waals surface area (Å²) in [6, 6.07) is 17.3. The lowest BCUT2D eigenvalue weighted by atomic mass is 10.1. The van der Waals surface area contributed by atoms with E-state index >= 15 is 0 Å². The number of ether oxygens (including phenoxy) is 1. The van der Waals surface area contributed by atoms with Gasteiger partial charge in [-0.15, -0.1) is 0 Å². The molecule has 160 valence electrons. The molecule has 1 aliphatic heterocycles. The van der Waals surface area contributed by atoms with E-state index in [-0.39, 0.29) is 17.6 Å². The zero-order chi connectivity index (χ0) is 22.0. The number of hydrazine groups is 1. The van der Waals surface area contributed by atoms with Crippen molar-refractivity contribution in [1.29, 1.82) is 0 Å². The van der Waals surface area contributed by atoms with Crippen LogP contribution in [0.15, 0.2) is 70.5 Å². The highest BCUT2D eigenvalue weighted by atomic mass is 16.5. The van der Waals surface area contributed by atoms with Crippen LogP contribution in [0.4, 0.5) is 0 Å². The molecular formula is C24H26N4O3. The van der Waals surface area contributed by atoms with Crippen molar-refractivity contribution in [2.24, 2.45) is 0 Å². The van der Waals surface area contributed by atoms with E-state index in [4.69, 9.17) is 9.26 Å². The van der Waals surface area contributed by atoms with E-state index in [1.54, 1.807) is 13.2 Å². The Morgan fingerprint density at radius 1 is 1.19 bits per heavy atom. The van der Waals surface area contributed by atoms with Crippen molar-refractivity contribution in [3.63, 3.8) is 0 Å². The minimum Gasteiger partial charge on any atom is -0.496 e. The summed E-state index contributed by atoms with van der Waals surface area (Å²) in [5, 5.41) is 9.02. The van der Waals surface area contributed by atoms with Crippen molar-refractivity contribution in [3.8, 4) is 17.1 Å². The van der Waals surface area contributed by atoms with Crippen LogP contribution in [0.2, 0.25) is 0 Å². The molecule has 0 aliphatic carbocycles. The monoisotopic (exact) mass is 418 g/mol. The fraction of sp³-hybridized carbons (Fsp3) is 0.250. The third-order valence-electron chi connectivity index (χ3n) is 5.53. The lowest BCUT2D eigenvalue weighted by molar-refractivity contribution is 0.0954. The summed E-state index contributed by atoms with van der Waals surface area (Å²) in [4.78, 5) is 12.9. The van der Waals surface area contributed by atoms with Gasteiger partial charge in [-0.1, -0.05) is 41.6 Å². The molecule has 4 rings (SSSR count). The molecule has 3 aromatic rings. The molecule has 0 saturated carbocycles. The highest BCUT2D eigenvalue weighted by molar-refractivity contribution is 5.94. The molecule has 7 heteroatoms. The van der Waals surface area contributed by atoms with Gasteiger partial charge in [0.05, 0.1) is 31.0 Å². The smallest absolute Gasteiger partial charge is 0.277 e. The normalized spacial score (nSPS) is 16.0. The summed E-state index contributed by atoms with van der Waals surface area (Å²) in [7, 11) is 1.59. The maximum atomic E-state index is 12.9. The largest absolute Gasteiger partial charge is 0.496 e. The molecule has 0 radical (unpaired) electrons. The molecule has 7 nitrogen and oxygen atoms in total. The number of amides is 1. The molecule has 1 amide bonds. The van der Waals surface area contributed by atoms with E-state index in [1.165, 1.54) is 11.1 Å². The maximum absolute atomic E-state index is 12.9. The van der Waals surface area contributed by atoms with Crippen LogP contribution in [0.5, 0.6) is 5.75 Å². The Morgan fingerprint density at radius 2 is 1.94 bits per heavy atom. The topological polar surface area (TPSA) is 79.6 Å². The first kappa shape index (κ1) is 20.7. The second-order valence-electron chi connectivity index (χ2n) is 7.59. The minimum absolute atomic E-state index is 0.0337. The maximum Gasteiger partial charge on any atom is 0.277 e. The van der Waals surface area contributed by atoms with Crippen LogP contribution in [0, 0.1) is 6.92 Å². The third kappa shape index (κ3) is 4.18. The number of aryl methyl sites for hydroxylation is 1. The molecule has 0 saturated heterocycles. The van der Waals surface area contributed by atoms with Gasteiger partial charge in [0, 0.05) is 11.8 Å². The number of benzene rings is 2. The van der Waals surface area contributed by atoms with E-state index in [2.05, 4.69) is 40.0 Å². The van der Waals surface area contributed by atoms with Crippen LogP contribution < -0.4 is 15.5 Å². The molecule has 2 N–H and O–H groups in total. The number of allylic oxidation sites excluding steroid dienone is 1. The quantitative estimate of drug-likeness (QED) is 0.629. The first-order chi connectivity index (χ1) is 15.0. The van der Waals surface area contributed by atoms with Crippen molar-refractivity contribution in [1.82, 2.24) is 20.9 Å². The first-order valence-electron chi connectivity index (χ1n) is 10.2. The van der Waals surface area contributed by atoms with E-state index in [1.807, 2.05) is 50.2 Å². The van der Waals surface area contributed by atoms with Gasteiger partial charge in [0.25, 0.3) is 5.91 Å². The molecule has 0 unspecified atom stereocenters. The minimum atomic E-state index is -0.314. The van der Waals surface area contributed by atoms with E-state index in [9.17, 15) is 4.79 Å². The van der Waals surface area contributed by atoms with Crippen LogP contribution in [-0.4, -0.2) is 29.2 Å². The van der Waals surface area contributed by atoms with Crippen LogP contribution in [-0.2, 0) is 6.54 Å². The average molecular weight is 418 g/mol. The summed E-state index contributed by atoms with van der Waals surface area (Å²) in [5.41, 5.74) is 8.62. The predicted molar refractivity (Wildman–Crippen MR) is 118 cm³/mol. The van der Waals surface area contributed by atoms with Gasteiger partial charge in [-0.2, -0.15) is 0 Å². The Hall–Kier alpha value is -3.58. The molecule has 1 atom stereocenters. The number of nitrogens with zero attached hydrogens (tertiary/aromatic N) is 2. The van der Waals surface area contributed by atoms with E-state index in [0.717, 1.165) is 17.0 Å². The fourth-order valence-electron chi connectivity index (χ4n) is 3.72. The van der Waals surface area contributed by atoms with Crippen LogP contribution in [0.1, 0.15) is 35.5 Å². The lowest BCUT2D eigenvalue weighted by Gasteiger charge is -2.22. The highest BCUT2D eigenvalue weighted by Gasteiger charge is 2.28. The van der Waals surface area contributed by atoms with Gasteiger partial charge in [0.15, 0.2) is 11.5 Å². The third-order valence-corrected chi connectivity index (χ3v) is 5.53. The number of carbonyl (C=O) groups excluding carboxylic acids is 1. The zero-order valence-electron chi connectivity index (χ0n) is 18.1. The Morgan fingerprint density at radius 3 is 2.71 bits per heavy atom. The molecule has 1 aliphatic rings. The standard InChI is InChI=1S/C24H26N4O3/c1-15-9-5-6-10-18(15)14-28-17(3)23(16(2)26-28)25-24(29)20-13-22(31-27-20)19-11-7-8-12-21(19)30-4/h5-13,16,26H,14H2,1-4H3,(H,25,29)/t16-/m0/s1. The van der Waals surface area contributed by atoms with Gasteiger partial charge in [0.2, 0.25) is 0 Å². The van der Waals surface area contributed by atoms with Gasteiger partial charge < -0.3 is 19.6 Å². The van der Waals surface area contributed by atoms with Crippen molar-refractivity contribution in [2.75, 3.05) is 7.11 Å². The fourth-order valence-corrected chi connectivity index (χ4v) is 3.72. The lowest BCUT2D eigenvalue weighted by Crippen LogP contribution is -2.37. The molecule has 2 aromatic carbocycles. The molecular weight excluding hydrogens is 392 g/mol. The Kier molecular flexibility index (Phi) is 5.77. The number of hydrogen-bond acceptors (Lipinski definition) is 6. The number of rotatable bonds is 6. The number of nitrogens with one attached hydrogen (secondary N) is 2. The molecule has 0 fully saturated rings. The zero-order valence-corrected chi connectivity index (χ0v) is 18.1. The summed E-state index contributed by atoms with van der Waals surface area (Å²) < 4.78 is 10.8.